The Bertz CT molecular complexity index is 1350. The van der Waals surface area contributed by atoms with Gasteiger partial charge in [-0.15, -0.1) is 11.3 Å². The Kier molecular flexibility index (Phi) is 7.46. The number of aliphatic hydroxyl groups excluding tert-OH is 1. The van der Waals surface area contributed by atoms with Crippen LogP contribution in [0.2, 0.25) is 0 Å². The van der Waals surface area contributed by atoms with Crippen LogP contribution in [0.5, 0.6) is 5.75 Å². The van der Waals surface area contributed by atoms with E-state index in [4.69, 9.17) is 9.47 Å². The molecule has 0 aliphatic carbocycles. The molecule has 1 aliphatic heterocycles. The Morgan fingerprint density at radius 2 is 1.78 bits per heavy atom. The monoisotopic (exact) mass is 530 g/mol. The number of hydrogen-bond acceptors (Lipinski definition) is 8. The smallest absolute Gasteiger partial charge is 0.327 e. The van der Waals surface area contributed by atoms with Crippen LogP contribution in [-0.4, -0.2) is 61.9 Å². The van der Waals surface area contributed by atoms with Gasteiger partial charge in [-0.1, -0.05) is 30.3 Å². The lowest BCUT2D eigenvalue weighted by Crippen LogP contribution is -2.50. The van der Waals surface area contributed by atoms with Crippen molar-refractivity contribution in [3.05, 3.63) is 81.5 Å². The maximum absolute atomic E-state index is 13.5. The minimum Gasteiger partial charge on any atom is -0.497 e. The summed E-state index contributed by atoms with van der Waals surface area (Å²) < 4.78 is 37.9. The predicted octanol–water partition coefficient (Wildman–Crippen LogP) is 2.81. The van der Waals surface area contributed by atoms with Gasteiger partial charge in [0.25, 0.3) is 5.91 Å². The molecule has 4 rings (SSSR count). The summed E-state index contributed by atoms with van der Waals surface area (Å²) in [6, 6.07) is 15.3. The van der Waals surface area contributed by atoms with Crippen molar-refractivity contribution in [2.75, 3.05) is 21.3 Å². The third-order valence-corrected chi connectivity index (χ3v) is 9.05. The van der Waals surface area contributed by atoms with Gasteiger partial charge in [-0.05, 0) is 41.5 Å². The van der Waals surface area contributed by atoms with Crippen LogP contribution in [0.1, 0.15) is 31.8 Å². The van der Waals surface area contributed by atoms with Gasteiger partial charge >= 0.3 is 5.97 Å². The second-order valence-corrected chi connectivity index (χ2v) is 11.3. The van der Waals surface area contributed by atoms with Gasteiger partial charge < -0.3 is 19.5 Å². The van der Waals surface area contributed by atoms with E-state index in [1.165, 1.54) is 31.4 Å². The summed E-state index contributed by atoms with van der Waals surface area (Å²) in [7, 11) is 0.0541. The Labute approximate surface area is 213 Å². The molecule has 0 fully saturated rings. The molecule has 1 amide bonds. The number of rotatable bonds is 7. The van der Waals surface area contributed by atoms with E-state index < -0.39 is 28.1 Å². The Morgan fingerprint density at radius 3 is 2.39 bits per heavy atom. The van der Waals surface area contributed by atoms with Crippen LogP contribution in [0.3, 0.4) is 0 Å². The minimum absolute atomic E-state index is 0.0676. The fourth-order valence-electron chi connectivity index (χ4n) is 4.09. The van der Waals surface area contributed by atoms with Crippen molar-refractivity contribution < 1.29 is 32.6 Å². The summed E-state index contributed by atoms with van der Waals surface area (Å²) in [5.74, 6) is -0.697. The normalized spacial score (nSPS) is 17.8. The van der Waals surface area contributed by atoms with Gasteiger partial charge in [-0.25, -0.2) is 8.42 Å². The Balaban J connectivity index is 1.67. The second-order valence-electron chi connectivity index (χ2n) is 8.29. The average molecular weight is 531 g/mol. The maximum Gasteiger partial charge on any atom is 0.327 e. The zero-order chi connectivity index (χ0) is 26.0. The Hall–Kier alpha value is -3.25. The van der Waals surface area contributed by atoms with Crippen LogP contribution in [0.15, 0.2) is 65.6 Å². The summed E-state index contributed by atoms with van der Waals surface area (Å²) in [6.45, 7) is 0.181. The standard InChI is InChI=1S/C25H26N2O7S2/c1-26(14-16-7-5-4-6-8-16)24(29)20-13-17-15-27(21(25(30)34-3)22(28)23(17)35-20)36(31,32)19-11-9-18(33-2)10-12-19/h4-13,21-22,28H,14-15H2,1-3H3/t21-,22-/m1/s1. The van der Waals surface area contributed by atoms with Gasteiger partial charge in [-0.2, -0.15) is 4.31 Å². The molecule has 0 saturated heterocycles. The molecular formula is C25H26N2O7S2. The number of esters is 1. The number of benzene rings is 2. The van der Waals surface area contributed by atoms with Crippen molar-refractivity contribution >= 4 is 33.2 Å². The van der Waals surface area contributed by atoms with E-state index in [1.807, 2.05) is 30.3 Å². The molecule has 2 heterocycles. The zero-order valence-electron chi connectivity index (χ0n) is 20.0. The quantitative estimate of drug-likeness (QED) is 0.468. The van der Waals surface area contributed by atoms with Crippen molar-refractivity contribution in [2.45, 2.75) is 30.1 Å². The summed E-state index contributed by atoms with van der Waals surface area (Å²) >= 11 is 1.05. The first kappa shape index (κ1) is 25.8. The van der Waals surface area contributed by atoms with E-state index in [-0.39, 0.29) is 17.3 Å². The van der Waals surface area contributed by atoms with Crippen LogP contribution in [0, 0.1) is 0 Å². The van der Waals surface area contributed by atoms with Gasteiger partial charge in [-0.3, -0.25) is 9.59 Å². The van der Waals surface area contributed by atoms with Crippen molar-refractivity contribution in [3.8, 4) is 5.75 Å². The maximum atomic E-state index is 13.5. The fraction of sp³-hybridized carbons (Fsp3) is 0.280. The van der Waals surface area contributed by atoms with Crippen LogP contribution in [0.4, 0.5) is 0 Å². The third-order valence-electron chi connectivity index (χ3n) is 5.97. The number of fused-ring (bicyclic) bond motifs is 1. The SMILES string of the molecule is COC(=O)[C@H]1[C@@H](O)c2sc(C(=O)N(C)Cc3ccccc3)cc2CN1S(=O)(=O)c1ccc(OC)cc1. The first-order chi connectivity index (χ1) is 17.2. The highest BCUT2D eigenvalue weighted by atomic mass is 32.2. The number of methoxy groups -OCH3 is 2. The van der Waals surface area contributed by atoms with Gasteiger partial charge in [0.2, 0.25) is 10.0 Å². The molecule has 0 bridgehead atoms. The molecule has 190 valence electrons. The highest BCUT2D eigenvalue weighted by Crippen LogP contribution is 2.41. The molecule has 3 aromatic rings. The van der Waals surface area contributed by atoms with Gasteiger partial charge in [0.15, 0.2) is 6.04 Å². The molecule has 9 nitrogen and oxygen atoms in total. The predicted molar refractivity (Wildman–Crippen MR) is 133 cm³/mol. The first-order valence-electron chi connectivity index (χ1n) is 11.0. The van der Waals surface area contributed by atoms with Gasteiger partial charge in [0.05, 0.1) is 24.0 Å². The number of nitrogens with zero attached hydrogens (tertiary/aromatic N) is 2. The van der Waals surface area contributed by atoms with E-state index in [0.29, 0.717) is 27.6 Å². The Morgan fingerprint density at radius 1 is 1.11 bits per heavy atom. The molecule has 0 spiro atoms. The van der Waals surface area contributed by atoms with E-state index in [2.05, 4.69) is 0 Å². The molecule has 2 aromatic carbocycles. The zero-order valence-corrected chi connectivity index (χ0v) is 21.6. The summed E-state index contributed by atoms with van der Waals surface area (Å²) in [4.78, 5) is 28.0. The summed E-state index contributed by atoms with van der Waals surface area (Å²) in [5, 5.41) is 11.1. The lowest BCUT2D eigenvalue weighted by Gasteiger charge is -2.35. The average Bonchev–Trinajstić information content (AvgIpc) is 3.33. The molecule has 0 saturated carbocycles. The van der Waals surface area contributed by atoms with Crippen molar-refractivity contribution in [2.24, 2.45) is 0 Å². The lowest BCUT2D eigenvalue weighted by atomic mass is 10.0. The topological polar surface area (TPSA) is 113 Å². The number of sulfonamides is 1. The molecular weight excluding hydrogens is 504 g/mol. The summed E-state index contributed by atoms with van der Waals surface area (Å²) in [5.41, 5.74) is 1.42. The number of thiophene rings is 1. The van der Waals surface area contributed by atoms with Crippen molar-refractivity contribution in [3.63, 3.8) is 0 Å². The van der Waals surface area contributed by atoms with Crippen LogP contribution in [0.25, 0.3) is 0 Å². The highest BCUT2D eigenvalue weighted by Gasteiger charge is 2.47. The van der Waals surface area contributed by atoms with E-state index in [1.54, 1.807) is 18.0 Å². The third kappa shape index (κ3) is 4.87. The van der Waals surface area contributed by atoms with Crippen molar-refractivity contribution in [1.82, 2.24) is 9.21 Å². The second kappa shape index (κ2) is 10.4. The van der Waals surface area contributed by atoms with Crippen LogP contribution in [-0.2, 0) is 32.6 Å². The van der Waals surface area contributed by atoms with Crippen molar-refractivity contribution in [1.29, 1.82) is 0 Å². The number of ether oxygens (including phenoxy) is 2. The highest BCUT2D eigenvalue weighted by molar-refractivity contribution is 7.89. The molecule has 36 heavy (non-hydrogen) atoms. The van der Waals surface area contributed by atoms with Gasteiger partial charge in [0, 0.05) is 25.0 Å². The van der Waals surface area contributed by atoms with Gasteiger partial charge in [0.1, 0.15) is 11.9 Å². The number of carbonyl (C=O) groups is 2. The molecule has 2 atom stereocenters. The number of carbonyl (C=O) groups excluding carboxylic acids is 2. The molecule has 0 radical (unpaired) electrons. The first-order valence-corrected chi connectivity index (χ1v) is 13.3. The molecule has 1 aliphatic rings. The lowest BCUT2D eigenvalue weighted by molar-refractivity contribution is -0.150. The van der Waals surface area contributed by atoms with Crippen LogP contribution < -0.4 is 4.74 Å². The van der Waals surface area contributed by atoms with Crippen LogP contribution >= 0.6 is 11.3 Å². The fourth-order valence-corrected chi connectivity index (χ4v) is 6.84. The van der Waals surface area contributed by atoms with E-state index >= 15 is 0 Å². The molecule has 0 unspecified atom stereocenters. The molecule has 11 heteroatoms. The van der Waals surface area contributed by atoms with E-state index in [0.717, 1.165) is 28.3 Å². The number of hydrogen-bond donors (Lipinski definition) is 1. The number of aliphatic hydroxyl groups is 1. The largest absolute Gasteiger partial charge is 0.497 e. The number of amides is 1. The van der Waals surface area contributed by atoms with E-state index in [9.17, 15) is 23.1 Å². The summed E-state index contributed by atoms with van der Waals surface area (Å²) in [6.07, 6.45) is -1.50. The molecule has 1 aromatic heterocycles. The molecule has 1 N–H and O–H groups in total. The minimum atomic E-state index is -4.21.